The molecule has 132 valence electrons. The van der Waals surface area contributed by atoms with Gasteiger partial charge in [0.05, 0.1) is 26.2 Å². The SMILES string of the molecule is COC(=O)C(C)CN(CC1CCCO1)C(=O)c1ccc(OC)cc1. The summed E-state index contributed by atoms with van der Waals surface area (Å²) in [5, 5.41) is 0. The molecule has 0 N–H and O–H groups in total. The summed E-state index contributed by atoms with van der Waals surface area (Å²) >= 11 is 0. The maximum atomic E-state index is 12.9. The average Bonchev–Trinajstić information content (AvgIpc) is 3.12. The number of ether oxygens (including phenoxy) is 3. The Balaban J connectivity index is 2.12. The molecule has 1 saturated heterocycles. The molecule has 2 atom stereocenters. The lowest BCUT2D eigenvalue weighted by Gasteiger charge is -2.27. The van der Waals surface area contributed by atoms with Gasteiger partial charge < -0.3 is 19.1 Å². The lowest BCUT2D eigenvalue weighted by molar-refractivity contribution is -0.145. The Morgan fingerprint density at radius 1 is 1.29 bits per heavy atom. The molecule has 6 heteroatoms. The number of esters is 1. The fourth-order valence-electron chi connectivity index (χ4n) is 2.80. The molecular weight excluding hydrogens is 310 g/mol. The number of amides is 1. The van der Waals surface area contributed by atoms with E-state index >= 15 is 0 Å². The van der Waals surface area contributed by atoms with Crippen LogP contribution >= 0.6 is 0 Å². The highest BCUT2D eigenvalue weighted by atomic mass is 16.5. The maximum absolute atomic E-state index is 12.9. The van der Waals surface area contributed by atoms with Gasteiger partial charge in [-0.05, 0) is 37.1 Å². The number of methoxy groups -OCH3 is 2. The molecule has 1 aliphatic rings. The van der Waals surface area contributed by atoms with E-state index in [2.05, 4.69) is 0 Å². The van der Waals surface area contributed by atoms with Gasteiger partial charge in [-0.1, -0.05) is 6.92 Å². The predicted octanol–water partition coefficient (Wildman–Crippen LogP) is 2.13. The first-order valence-corrected chi connectivity index (χ1v) is 8.18. The van der Waals surface area contributed by atoms with E-state index in [4.69, 9.17) is 14.2 Å². The van der Waals surface area contributed by atoms with Crippen LogP contribution < -0.4 is 4.74 Å². The number of benzene rings is 1. The van der Waals surface area contributed by atoms with Gasteiger partial charge in [-0.25, -0.2) is 0 Å². The van der Waals surface area contributed by atoms with Crippen molar-refractivity contribution in [3.05, 3.63) is 29.8 Å². The topological polar surface area (TPSA) is 65.1 Å². The van der Waals surface area contributed by atoms with Gasteiger partial charge in [0, 0.05) is 25.3 Å². The third-order valence-corrected chi connectivity index (χ3v) is 4.17. The summed E-state index contributed by atoms with van der Waals surface area (Å²) in [6.45, 7) is 3.26. The Kier molecular flexibility index (Phi) is 6.61. The van der Waals surface area contributed by atoms with Crippen LogP contribution in [0.1, 0.15) is 30.1 Å². The van der Waals surface area contributed by atoms with Crippen molar-refractivity contribution < 1.29 is 23.8 Å². The number of nitrogens with zero attached hydrogens (tertiary/aromatic N) is 1. The minimum absolute atomic E-state index is 0.0250. The summed E-state index contributed by atoms with van der Waals surface area (Å²) < 4.78 is 15.5. The van der Waals surface area contributed by atoms with Crippen molar-refractivity contribution in [2.24, 2.45) is 5.92 Å². The standard InChI is InChI=1S/C18H25NO5/c1-13(18(21)23-3)11-19(12-16-5-4-10-24-16)17(20)14-6-8-15(22-2)9-7-14/h6-9,13,16H,4-5,10-12H2,1-3H3. The molecule has 0 bridgehead atoms. The van der Waals surface area contributed by atoms with Crippen LogP contribution in [0, 0.1) is 5.92 Å². The average molecular weight is 335 g/mol. The molecule has 1 amide bonds. The van der Waals surface area contributed by atoms with Crippen molar-refractivity contribution in [2.45, 2.75) is 25.9 Å². The zero-order valence-corrected chi connectivity index (χ0v) is 14.5. The highest BCUT2D eigenvalue weighted by Gasteiger charge is 2.27. The smallest absolute Gasteiger partial charge is 0.310 e. The fraction of sp³-hybridized carbons (Fsp3) is 0.556. The van der Waals surface area contributed by atoms with Crippen molar-refractivity contribution in [1.29, 1.82) is 0 Å². The second-order valence-corrected chi connectivity index (χ2v) is 6.00. The molecule has 1 heterocycles. The Labute approximate surface area is 142 Å². The summed E-state index contributed by atoms with van der Waals surface area (Å²) in [5.41, 5.74) is 0.561. The van der Waals surface area contributed by atoms with E-state index in [0.29, 0.717) is 24.4 Å². The van der Waals surface area contributed by atoms with E-state index < -0.39 is 5.92 Å². The van der Waals surface area contributed by atoms with Gasteiger partial charge in [0.1, 0.15) is 5.75 Å². The molecule has 0 saturated carbocycles. The summed E-state index contributed by atoms with van der Waals surface area (Å²) in [6.07, 6.45) is 1.96. The number of hydrogen-bond donors (Lipinski definition) is 0. The quantitative estimate of drug-likeness (QED) is 0.714. The molecular formula is C18H25NO5. The molecule has 1 aromatic rings. The molecule has 2 unspecified atom stereocenters. The molecule has 24 heavy (non-hydrogen) atoms. The van der Waals surface area contributed by atoms with E-state index in [1.807, 2.05) is 0 Å². The molecule has 0 aliphatic carbocycles. The van der Waals surface area contributed by atoms with Crippen LogP contribution in [0.25, 0.3) is 0 Å². The third kappa shape index (κ3) is 4.71. The van der Waals surface area contributed by atoms with Gasteiger partial charge in [-0.15, -0.1) is 0 Å². The first-order chi connectivity index (χ1) is 11.5. The summed E-state index contributed by atoms with van der Waals surface area (Å²) in [5.74, 6) is -0.141. The van der Waals surface area contributed by atoms with Crippen molar-refractivity contribution in [3.8, 4) is 5.75 Å². The normalized spacial score (nSPS) is 18.0. The number of hydrogen-bond acceptors (Lipinski definition) is 5. The lowest BCUT2D eigenvalue weighted by atomic mass is 10.1. The summed E-state index contributed by atoms with van der Waals surface area (Å²) in [4.78, 5) is 26.3. The van der Waals surface area contributed by atoms with E-state index in [1.165, 1.54) is 7.11 Å². The molecule has 6 nitrogen and oxygen atoms in total. The summed E-state index contributed by atoms with van der Waals surface area (Å²) in [7, 11) is 2.94. The van der Waals surface area contributed by atoms with Crippen LogP contribution in [-0.4, -0.2) is 56.8 Å². The van der Waals surface area contributed by atoms with E-state index in [-0.39, 0.29) is 18.0 Å². The molecule has 0 spiro atoms. The van der Waals surface area contributed by atoms with Crippen molar-refractivity contribution in [3.63, 3.8) is 0 Å². The second kappa shape index (κ2) is 8.68. The first-order valence-electron chi connectivity index (χ1n) is 8.18. The highest BCUT2D eigenvalue weighted by molar-refractivity contribution is 5.94. The lowest BCUT2D eigenvalue weighted by Crippen LogP contribution is -2.41. The Bertz CT molecular complexity index is 551. The van der Waals surface area contributed by atoms with Gasteiger partial charge >= 0.3 is 5.97 Å². The van der Waals surface area contributed by atoms with Crippen LogP contribution in [0.5, 0.6) is 5.75 Å². The van der Waals surface area contributed by atoms with Gasteiger partial charge in [-0.2, -0.15) is 0 Å². The zero-order chi connectivity index (χ0) is 17.5. The van der Waals surface area contributed by atoms with Crippen LogP contribution in [0.15, 0.2) is 24.3 Å². The first kappa shape index (κ1) is 18.3. The van der Waals surface area contributed by atoms with Crippen molar-refractivity contribution in [2.75, 3.05) is 33.9 Å². The van der Waals surface area contributed by atoms with Crippen LogP contribution in [0.3, 0.4) is 0 Å². The van der Waals surface area contributed by atoms with Gasteiger partial charge in [0.25, 0.3) is 5.91 Å². The second-order valence-electron chi connectivity index (χ2n) is 6.00. The van der Waals surface area contributed by atoms with Crippen LogP contribution in [-0.2, 0) is 14.3 Å². The minimum Gasteiger partial charge on any atom is -0.497 e. The third-order valence-electron chi connectivity index (χ3n) is 4.17. The Morgan fingerprint density at radius 3 is 2.54 bits per heavy atom. The zero-order valence-electron chi connectivity index (χ0n) is 14.5. The molecule has 0 aromatic heterocycles. The van der Waals surface area contributed by atoms with Gasteiger partial charge in [0.15, 0.2) is 0 Å². The van der Waals surface area contributed by atoms with Crippen LogP contribution in [0.2, 0.25) is 0 Å². The molecule has 1 fully saturated rings. The van der Waals surface area contributed by atoms with Gasteiger partial charge in [-0.3, -0.25) is 9.59 Å². The van der Waals surface area contributed by atoms with E-state index in [9.17, 15) is 9.59 Å². The molecule has 1 aromatic carbocycles. The number of carbonyl (C=O) groups excluding carboxylic acids is 2. The minimum atomic E-state index is -0.390. The monoisotopic (exact) mass is 335 g/mol. The number of carbonyl (C=O) groups is 2. The van der Waals surface area contributed by atoms with E-state index in [0.717, 1.165) is 19.4 Å². The Hall–Kier alpha value is -2.08. The summed E-state index contributed by atoms with van der Waals surface area (Å²) in [6, 6.07) is 6.96. The molecule has 0 radical (unpaired) electrons. The highest BCUT2D eigenvalue weighted by Crippen LogP contribution is 2.18. The largest absolute Gasteiger partial charge is 0.497 e. The van der Waals surface area contributed by atoms with Crippen LogP contribution in [0.4, 0.5) is 0 Å². The fourth-order valence-corrected chi connectivity index (χ4v) is 2.80. The van der Waals surface area contributed by atoms with Gasteiger partial charge in [0.2, 0.25) is 0 Å². The van der Waals surface area contributed by atoms with Crippen molar-refractivity contribution in [1.82, 2.24) is 4.90 Å². The Morgan fingerprint density at radius 2 is 2.00 bits per heavy atom. The maximum Gasteiger partial charge on any atom is 0.310 e. The molecule has 2 rings (SSSR count). The van der Waals surface area contributed by atoms with Crippen molar-refractivity contribution >= 4 is 11.9 Å². The van der Waals surface area contributed by atoms with E-state index in [1.54, 1.807) is 43.2 Å². The number of rotatable bonds is 7. The molecule has 1 aliphatic heterocycles. The predicted molar refractivity (Wildman–Crippen MR) is 89.1 cm³/mol.